The zero-order valence-corrected chi connectivity index (χ0v) is 17.0. The summed E-state index contributed by atoms with van der Waals surface area (Å²) in [6.45, 7) is 3.78. The number of carboxylic acids is 1. The monoisotopic (exact) mass is 422 g/mol. The number of aromatic nitrogens is 1. The molecule has 1 atom stereocenters. The minimum Gasteiger partial charge on any atom is -0.484 e. The van der Waals surface area contributed by atoms with Crippen LogP contribution in [0, 0.1) is 6.92 Å². The van der Waals surface area contributed by atoms with Crippen LogP contribution >= 0.6 is 11.3 Å². The van der Waals surface area contributed by atoms with Gasteiger partial charge in [0.15, 0.2) is 0 Å². The van der Waals surface area contributed by atoms with E-state index in [1.54, 1.807) is 23.5 Å². The number of nitrogens with one attached hydrogen (secondary N) is 1. The zero-order valence-electron chi connectivity index (χ0n) is 16.2. The first-order chi connectivity index (χ1) is 14.4. The number of anilines is 1. The maximum Gasteiger partial charge on any atom is 0.337 e. The minimum absolute atomic E-state index is 0.0405. The summed E-state index contributed by atoms with van der Waals surface area (Å²) in [7, 11) is 0. The lowest BCUT2D eigenvalue weighted by Gasteiger charge is -2.15. The molecule has 3 heterocycles. The van der Waals surface area contributed by atoms with Gasteiger partial charge in [0, 0.05) is 16.6 Å². The van der Waals surface area contributed by atoms with Crippen LogP contribution in [0.4, 0.5) is 5.82 Å². The molecular weight excluding hydrogens is 404 g/mol. The number of carboxylic acid groups (broad SMARTS) is 1. The molecule has 1 unspecified atom stereocenters. The molecule has 1 aromatic carbocycles. The first-order valence-corrected chi connectivity index (χ1v) is 10.0. The maximum absolute atomic E-state index is 12.8. The molecule has 0 saturated carbocycles. The van der Waals surface area contributed by atoms with Crippen molar-refractivity contribution in [2.45, 2.75) is 20.0 Å². The zero-order chi connectivity index (χ0) is 21.3. The van der Waals surface area contributed by atoms with Crippen molar-refractivity contribution in [1.29, 1.82) is 0 Å². The molecule has 0 aliphatic rings. The van der Waals surface area contributed by atoms with E-state index in [9.17, 15) is 9.59 Å². The Bertz CT molecular complexity index is 1210. The summed E-state index contributed by atoms with van der Waals surface area (Å²) in [5.74, 6) is 0.0117. The van der Waals surface area contributed by atoms with Gasteiger partial charge in [0.1, 0.15) is 29.0 Å². The smallest absolute Gasteiger partial charge is 0.337 e. The molecule has 0 fully saturated rings. The third-order valence-corrected chi connectivity index (χ3v) is 5.52. The normalized spacial score (nSPS) is 11.9. The summed E-state index contributed by atoms with van der Waals surface area (Å²) >= 11 is 1.60. The SMILES string of the molecule is Cc1cc2c(OC(C)c3cccs3)cc(C(=O)Nc3ccc(C(=O)O)cn3)cc2o1. The fraction of sp³-hybridized carbons (Fsp3) is 0.136. The third-order valence-electron chi connectivity index (χ3n) is 4.48. The van der Waals surface area contributed by atoms with Gasteiger partial charge in [-0.3, -0.25) is 4.79 Å². The number of hydrogen-bond donors (Lipinski definition) is 2. The van der Waals surface area contributed by atoms with Crippen molar-refractivity contribution >= 4 is 40.0 Å². The van der Waals surface area contributed by atoms with E-state index in [0.29, 0.717) is 22.7 Å². The van der Waals surface area contributed by atoms with E-state index in [0.717, 1.165) is 10.3 Å². The Kier molecular flexibility index (Phi) is 5.24. The molecule has 7 nitrogen and oxygen atoms in total. The Morgan fingerprint density at radius 3 is 2.70 bits per heavy atom. The van der Waals surface area contributed by atoms with Gasteiger partial charge in [-0.15, -0.1) is 11.3 Å². The number of rotatable bonds is 6. The Morgan fingerprint density at radius 2 is 2.03 bits per heavy atom. The van der Waals surface area contributed by atoms with Gasteiger partial charge in [0.05, 0.1) is 10.9 Å². The van der Waals surface area contributed by atoms with Crippen molar-refractivity contribution in [3.05, 3.63) is 75.8 Å². The Balaban J connectivity index is 1.63. The second-order valence-corrected chi connectivity index (χ2v) is 7.69. The van der Waals surface area contributed by atoms with E-state index in [1.165, 1.54) is 18.3 Å². The molecule has 0 aliphatic carbocycles. The quantitative estimate of drug-likeness (QED) is 0.438. The van der Waals surface area contributed by atoms with Crippen LogP contribution < -0.4 is 10.1 Å². The van der Waals surface area contributed by atoms with E-state index in [4.69, 9.17) is 14.3 Å². The van der Waals surface area contributed by atoms with Crippen LogP contribution in [0.2, 0.25) is 0 Å². The van der Waals surface area contributed by atoms with Crippen molar-refractivity contribution in [2.75, 3.05) is 5.32 Å². The van der Waals surface area contributed by atoms with Gasteiger partial charge in [0.25, 0.3) is 5.91 Å². The van der Waals surface area contributed by atoms with Gasteiger partial charge >= 0.3 is 5.97 Å². The lowest BCUT2D eigenvalue weighted by molar-refractivity contribution is 0.0696. The van der Waals surface area contributed by atoms with Gasteiger partial charge in [-0.1, -0.05) is 6.07 Å². The molecule has 4 rings (SSSR count). The number of furan rings is 1. The number of nitrogens with zero attached hydrogens (tertiary/aromatic N) is 1. The number of aryl methyl sites for hydroxylation is 1. The Hall–Kier alpha value is -3.65. The van der Waals surface area contributed by atoms with Crippen LogP contribution in [0.5, 0.6) is 5.75 Å². The molecule has 1 amide bonds. The van der Waals surface area contributed by atoms with Crippen molar-refractivity contribution < 1.29 is 23.8 Å². The number of thiophene rings is 1. The topological polar surface area (TPSA) is 102 Å². The highest BCUT2D eigenvalue weighted by Gasteiger charge is 2.18. The summed E-state index contributed by atoms with van der Waals surface area (Å²) in [5, 5.41) is 14.4. The minimum atomic E-state index is -1.08. The first-order valence-electron chi connectivity index (χ1n) is 9.15. The number of amides is 1. The van der Waals surface area contributed by atoms with Crippen molar-refractivity contribution in [1.82, 2.24) is 4.98 Å². The molecule has 0 bridgehead atoms. The number of hydrogen-bond acceptors (Lipinski definition) is 6. The van der Waals surface area contributed by atoms with Crippen molar-refractivity contribution in [3.8, 4) is 5.75 Å². The second kappa shape index (κ2) is 8.00. The highest BCUT2D eigenvalue weighted by Crippen LogP contribution is 2.34. The number of carbonyl (C=O) groups excluding carboxylic acids is 1. The fourth-order valence-corrected chi connectivity index (χ4v) is 3.73. The van der Waals surface area contributed by atoms with Crippen molar-refractivity contribution in [3.63, 3.8) is 0 Å². The lowest BCUT2D eigenvalue weighted by atomic mass is 10.1. The van der Waals surface area contributed by atoms with Gasteiger partial charge in [-0.25, -0.2) is 9.78 Å². The second-order valence-electron chi connectivity index (χ2n) is 6.71. The first kappa shape index (κ1) is 19.7. The van der Waals surface area contributed by atoms with Crippen LogP contribution in [0.25, 0.3) is 11.0 Å². The number of fused-ring (bicyclic) bond motifs is 1. The number of aromatic carboxylic acids is 1. The molecular formula is C22H18N2O5S. The number of benzene rings is 1. The van der Waals surface area contributed by atoms with E-state index in [2.05, 4.69) is 10.3 Å². The van der Waals surface area contributed by atoms with Gasteiger partial charge in [-0.2, -0.15) is 0 Å². The predicted octanol–water partition coefficient (Wildman–Crippen LogP) is 5.29. The summed E-state index contributed by atoms with van der Waals surface area (Å²) in [6, 6.07) is 12.0. The summed E-state index contributed by atoms with van der Waals surface area (Å²) in [4.78, 5) is 28.8. The van der Waals surface area contributed by atoms with Gasteiger partial charge < -0.3 is 19.6 Å². The molecule has 4 aromatic rings. The molecule has 0 saturated heterocycles. The molecule has 3 aromatic heterocycles. The van der Waals surface area contributed by atoms with Crippen molar-refractivity contribution in [2.24, 2.45) is 0 Å². The van der Waals surface area contributed by atoms with E-state index >= 15 is 0 Å². The lowest BCUT2D eigenvalue weighted by Crippen LogP contribution is -2.13. The highest BCUT2D eigenvalue weighted by atomic mass is 32.1. The van der Waals surface area contributed by atoms with E-state index in [1.807, 2.05) is 37.4 Å². The summed E-state index contributed by atoms with van der Waals surface area (Å²) in [5.41, 5.74) is 0.927. The molecule has 30 heavy (non-hydrogen) atoms. The van der Waals surface area contributed by atoms with E-state index in [-0.39, 0.29) is 17.5 Å². The average Bonchev–Trinajstić information content (AvgIpc) is 3.37. The Morgan fingerprint density at radius 1 is 1.20 bits per heavy atom. The molecule has 0 radical (unpaired) electrons. The number of pyridine rings is 1. The fourth-order valence-electron chi connectivity index (χ4n) is 3.02. The van der Waals surface area contributed by atoms with E-state index < -0.39 is 11.9 Å². The maximum atomic E-state index is 12.8. The third kappa shape index (κ3) is 4.04. The van der Waals surface area contributed by atoms with Gasteiger partial charge in [0.2, 0.25) is 0 Å². The van der Waals surface area contributed by atoms with Crippen LogP contribution in [-0.4, -0.2) is 22.0 Å². The van der Waals surface area contributed by atoms with Gasteiger partial charge in [-0.05, 0) is 55.6 Å². The molecule has 2 N–H and O–H groups in total. The summed E-state index contributed by atoms with van der Waals surface area (Å²) < 4.78 is 11.9. The number of ether oxygens (including phenoxy) is 1. The summed E-state index contributed by atoms with van der Waals surface area (Å²) in [6.07, 6.45) is 1.00. The number of carbonyl (C=O) groups is 2. The van der Waals surface area contributed by atoms with Crippen LogP contribution in [-0.2, 0) is 0 Å². The average molecular weight is 422 g/mol. The largest absolute Gasteiger partial charge is 0.484 e. The molecule has 0 aliphatic heterocycles. The standard InChI is InChI=1S/C22H18N2O5S/c1-12-8-16-17(28-12)9-15(10-18(16)29-13(2)19-4-3-7-30-19)21(25)24-20-6-5-14(11-23-20)22(26)27/h3-11,13H,1-2H3,(H,26,27)(H,23,24,25). The van der Waals surface area contributed by atoms with Crippen LogP contribution in [0.3, 0.4) is 0 Å². The van der Waals surface area contributed by atoms with Crippen LogP contribution in [0.1, 0.15) is 44.4 Å². The molecule has 8 heteroatoms. The Labute approximate surface area is 175 Å². The highest BCUT2D eigenvalue weighted by molar-refractivity contribution is 7.10. The molecule has 152 valence electrons. The van der Waals surface area contributed by atoms with Crippen LogP contribution in [0.15, 0.2) is 58.5 Å². The molecule has 0 spiro atoms. The predicted molar refractivity (Wildman–Crippen MR) is 113 cm³/mol.